The van der Waals surface area contributed by atoms with Crippen LogP contribution in [0.4, 0.5) is 0 Å². The van der Waals surface area contributed by atoms with Crippen molar-refractivity contribution in [2.75, 3.05) is 6.54 Å². The Morgan fingerprint density at radius 1 is 1.31 bits per heavy atom. The zero-order valence-corrected chi connectivity index (χ0v) is 9.53. The molecule has 0 spiro atoms. The highest BCUT2D eigenvalue weighted by atomic mass is 14.9. The lowest BCUT2D eigenvalue weighted by atomic mass is 10.1. The van der Waals surface area contributed by atoms with Crippen LogP contribution in [0.3, 0.4) is 0 Å². The number of unbranched alkanes of at least 4 members (excludes halogenated alkanes) is 2. The average molecular weight is 183 g/mol. The maximum atomic E-state index is 3.98. The van der Waals surface area contributed by atoms with Crippen LogP contribution >= 0.6 is 0 Å². The molecule has 1 unspecified atom stereocenters. The maximum absolute atomic E-state index is 3.98. The Morgan fingerprint density at radius 2 is 2.00 bits per heavy atom. The molecule has 1 N–H and O–H groups in total. The Morgan fingerprint density at radius 3 is 2.54 bits per heavy atom. The van der Waals surface area contributed by atoms with E-state index in [2.05, 4.69) is 32.7 Å². The minimum Gasteiger partial charge on any atom is -0.311 e. The summed E-state index contributed by atoms with van der Waals surface area (Å²) in [7, 11) is 0. The van der Waals surface area contributed by atoms with E-state index in [9.17, 15) is 0 Å². The molecular weight excluding hydrogens is 158 g/mol. The van der Waals surface area contributed by atoms with Crippen LogP contribution in [0.1, 0.15) is 52.9 Å². The van der Waals surface area contributed by atoms with Crippen molar-refractivity contribution in [1.82, 2.24) is 5.32 Å². The fourth-order valence-electron chi connectivity index (χ4n) is 1.25. The van der Waals surface area contributed by atoms with Crippen LogP contribution in [0.15, 0.2) is 12.2 Å². The van der Waals surface area contributed by atoms with E-state index in [1.54, 1.807) is 0 Å². The molecule has 0 aliphatic carbocycles. The Hall–Kier alpha value is -0.300. The molecular formula is C12H25N. The van der Waals surface area contributed by atoms with Gasteiger partial charge in [0.25, 0.3) is 0 Å². The van der Waals surface area contributed by atoms with E-state index in [4.69, 9.17) is 0 Å². The first-order valence-electron chi connectivity index (χ1n) is 5.60. The highest BCUT2D eigenvalue weighted by molar-refractivity contribution is 4.95. The summed E-state index contributed by atoms with van der Waals surface area (Å²) in [6, 6.07) is 0.648. The molecule has 13 heavy (non-hydrogen) atoms. The van der Waals surface area contributed by atoms with Gasteiger partial charge >= 0.3 is 0 Å². The molecule has 0 saturated carbocycles. The number of nitrogens with one attached hydrogen (secondary N) is 1. The Labute approximate surface area is 83.6 Å². The van der Waals surface area contributed by atoms with Gasteiger partial charge in [-0.2, -0.15) is 0 Å². The van der Waals surface area contributed by atoms with Crippen LogP contribution in [0.25, 0.3) is 0 Å². The molecule has 78 valence electrons. The van der Waals surface area contributed by atoms with Crippen molar-refractivity contribution in [3.05, 3.63) is 12.2 Å². The molecule has 0 rings (SSSR count). The average Bonchev–Trinajstić information content (AvgIpc) is 2.14. The van der Waals surface area contributed by atoms with Crippen molar-refractivity contribution in [3.63, 3.8) is 0 Å². The SMILES string of the molecule is C=C(CC)CNC(C)CCCCC. The number of rotatable bonds is 8. The molecule has 0 saturated heterocycles. The van der Waals surface area contributed by atoms with E-state index in [-0.39, 0.29) is 0 Å². The Balaban J connectivity index is 3.29. The quantitative estimate of drug-likeness (QED) is 0.448. The van der Waals surface area contributed by atoms with Crippen LogP contribution in [-0.4, -0.2) is 12.6 Å². The highest BCUT2D eigenvalue weighted by Crippen LogP contribution is 2.03. The van der Waals surface area contributed by atoms with Crippen molar-refractivity contribution >= 4 is 0 Å². The molecule has 0 aromatic carbocycles. The summed E-state index contributed by atoms with van der Waals surface area (Å²) in [6.07, 6.45) is 6.41. The molecule has 1 nitrogen and oxygen atoms in total. The predicted molar refractivity (Wildman–Crippen MR) is 61.0 cm³/mol. The number of hydrogen-bond acceptors (Lipinski definition) is 1. The topological polar surface area (TPSA) is 12.0 Å². The summed E-state index contributed by atoms with van der Waals surface area (Å²) in [4.78, 5) is 0. The van der Waals surface area contributed by atoms with E-state index in [0.717, 1.165) is 13.0 Å². The second-order valence-corrected chi connectivity index (χ2v) is 3.88. The first-order valence-corrected chi connectivity index (χ1v) is 5.60. The zero-order valence-electron chi connectivity index (χ0n) is 9.53. The number of hydrogen-bond donors (Lipinski definition) is 1. The lowest BCUT2D eigenvalue weighted by Gasteiger charge is -2.13. The summed E-state index contributed by atoms with van der Waals surface area (Å²) in [5, 5.41) is 3.49. The molecule has 0 aromatic rings. The second-order valence-electron chi connectivity index (χ2n) is 3.88. The summed E-state index contributed by atoms with van der Waals surface area (Å²) in [6.45, 7) is 11.6. The fourth-order valence-corrected chi connectivity index (χ4v) is 1.25. The van der Waals surface area contributed by atoms with E-state index >= 15 is 0 Å². The van der Waals surface area contributed by atoms with Crippen LogP contribution < -0.4 is 5.32 Å². The molecule has 0 heterocycles. The van der Waals surface area contributed by atoms with E-state index in [0.29, 0.717) is 6.04 Å². The van der Waals surface area contributed by atoms with E-state index in [1.165, 1.54) is 31.3 Å². The van der Waals surface area contributed by atoms with Crippen molar-refractivity contribution in [2.45, 2.75) is 58.9 Å². The largest absolute Gasteiger partial charge is 0.311 e. The molecule has 0 bridgehead atoms. The Kier molecular flexibility index (Phi) is 8.11. The van der Waals surface area contributed by atoms with E-state index < -0.39 is 0 Å². The van der Waals surface area contributed by atoms with Crippen LogP contribution in [0, 0.1) is 0 Å². The normalized spacial score (nSPS) is 12.8. The van der Waals surface area contributed by atoms with Crippen LogP contribution in [0.5, 0.6) is 0 Å². The second kappa shape index (κ2) is 8.31. The van der Waals surface area contributed by atoms with Gasteiger partial charge in [0, 0.05) is 12.6 Å². The standard InChI is InChI=1S/C12H25N/c1-5-7-8-9-12(4)13-10-11(3)6-2/h12-13H,3,5-10H2,1-2,4H3. The van der Waals surface area contributed by atoms with Crippen molar-refractivity contribution in [3.8, 4) is 0 Å². The minimum atomic E-state index is 0.648. The van der Waals surface area contributed by atoms with Crippen molar-refractivity contribution < 1.29 is 0 Å². The van der Waals surface area contributed by atoms with Gasteiger partial charge in [-0.3, -0.25) is 0 Å². The third-order valence-corrected chi connectivity index (χ3v) is 2.44. The molecule has 1 atom stereocenters. The van der Waals surface area contributed by atoms with Crippen LogP contribution in [0.2, 0.25) is 0 Å². The smallest absolute Gasteiger partial charge is 0.0164 e. The van der Waals surface area contributed by atoms with Gasteiger partial charge in [0.2, 0.25) is 0 Å². The first-order chi connectivity index (χ1) is 6.20. The minimum absolute atomic E-state index is 0.648. The highest BCUT2D eigenvalue weighted by Gasteiger charge is 2.00. The van der Waals surface area contributed by atoms with Gasteiger partial charge in [-0.25, -0.2) is 0 Å². The van der Waals surface area contributed by atoms with Crippen molar-refractivity contribution in [1.29, 1.82) is 0 Å². The summed E-state index contributed by atoms with van der Waals surface area (Å²) in [5.41, 5.74) is 1.31. The van der Waals surface area contributed by atoms with Gasteiger partial charge < -0.3 is 5.32 Å². The fraction of sp³-hybridized carbons (Fsp3) is 0.833. The summed E-state index contributed by atoms with van der Waals surface area (Å²) < 4.78 is 0. The Bertz CT molecular complexity index is 129. The molecule has 1 heteroatoms. The molecule has 0 amide bonds. The summed E-state index contributed by atoms with van der Waals surface area (Å²) in [5.74, 6) is 0. The monoisotopic (exact) mass is 183 g/mol. The first kappa shape index (κ1) is 12.7. The van der Waals surface area contributed by atoms with Gasteiger partial charge in [-0.15, -0.1) is 0 Å². The van der Waals surface area contributed by atoms with Crippen molar-refractivity contribution in [2.24, 2.45) is 0 Å². The van der Waals surface area contributed by atoms with Gasteiger partial charge in [-0.05, 0) is 19.8 Å². The molecule has 0 radical (unpaired) electrons. The van der Waals surface area contributed by atoms with Gasteiger partial charge in [0.15, 0.2) is 0 Å². The molecule has 0 fully saturated rings. The lowest BCUT2D eigenvalue weighted by molar-refractivity contribution is 0.503. The zero-order chi connectivity index (χ0) is 10.1. The van der Waals surface area contributed by atoms with E-state index in [1.807, 2.05) is 0 Å². The summed E-state index contributed by atoms with van der Waals surface area (Å²) >= 11 is 0. The lowest BCUT2D eigenvalue weighted by Crippen LogP contribution is -2.27. The third-order valence-electron chi connectivity index (χ3n) is 2.44. The third kappa shape index (κ3) is 8.04. The van der Waals surface area contributed by atoms with Gasteiger partial charge in [0.05, 0.1) is 0 Å². The predicted octanol–water partition coefficient (Wildman–Crippen LogP) is 3.51. The maximum Gasteiger partial charge on any atom is 0.0164 e. The molecule has 0 aromatic heterocycles. The molecule has 0 aliphatic heterocycles. The van der Waals surface area contributed by atoms with Gasteiger partial charge in [-0.1, -0.05) is 45.3 Å². The van der Waals surface area contributed by atoms with Gasteiger partial charge in [0.1, 0.15) is 0 Å². The molecule has 0 aliphatic rings. The van der Waals surface area contributed by atoms with Crippen LogP contribution in [-0.2, 0) is 0 Å².